The second-order valence-corrected chi connectivity index (χ2v) is 6.10. The molecule has 0 aliphatic rings. The van der Waals surface area contributed by atoms with Crippen molar-refractivity contribution in [2.45, 2.75) is 0 Å². The summed E-state index contributed by atoms with van der Waals surface area (Å²) >= 11 is 12.0. The fraction of sp³-hybridized carbons (Fsp3) is 0.0526. The van der Waals surface area contributed by atoms with Gasteiger partial charge in [0.25, 0.3) is 0 Å². The maximum atomic E-state index is 12.1. The highest BCUT2D eigenvalue weighted by atomic mass is 35.5. The Hall–Kier alpha value is -2.76. The van der Waals surface area contributed by atoms with Crippen LogP contribution in [0.3, 0.4) is 0 Å². The molecule has 0 saturated carbocycles. The van der Waals surface area contributed by atoms with Crippen LogP contribution in [-0.2, 0) is 4.79 Å². The van der Waals surface area contributed by atoms with Gasteiger partial charge in [0.1, 0.15) is 17.0 Å². The summed E-state index contributed by atoms with van der Waals surface area (Å²) in [4.78, 5) is 24.1. The predicted molar refractivity (Wildman–Crippen MR) is 103 cm³/mol. The van der Waals surface area contributed by atoms with Gasteiger partial charge in [-0.15, -0.1) is 0 Å². The monoisotopic (exact) mass is 389 g/mol. The normalized spacial score (nSPS) is 11.0. The van der Waals surface area contributed by atoms with Crippen molar-refractivity contribution in [3.8, 4) is 5.75 Å². The largest absolute Gasteiger partial charge is 0.497 e. The lowest BCUT2D eigenvalue weighted by Gasteiger charge is -2.05. The zero-order valence-electron chi connectivity index (χ0n) is 13.6. The van der Waals surface area contributed by atoms with Crippen LogP contribution in [0.1, 0.15) is 5.56 Å². The zero-order chi connectivity index (χ0) is 18.7. The summed E-state index contributed by atoms with van der Waals surface area (Å²) < 4.78 is 10.3. The van der Waals surface area contributed by atoms with Crippen LogP contribution in [0.15, 0.2) is 57.8 Å². The second-order valence-electron chi connectivity index (χ2n) is 5.32. The Morgan fingerprint density at radius 1 is 1.19 bits per heavy atom. The van der Waals surface area contributed by atoms with Crippen LogP contribution in [0, 0.1) is 0 Å². The zero-order valence-corrected chi connectivity index (χ0v) is 15.1. The van der Waals surface area contributed by atoms with E-state index in [1.807, 2.05) is 0 Å². The van der Waals surface area contributed by atoms with Crippen molar-refractivity contribution in [1.82, 2.24) is 0 Å². The van der Waals surface area contributed by atoms with E-state index in [1.165, 1.54) is 25.3 Å². The van der Waals surface area contributed by atoms with Crippen LogP contribution in [0.25, 0.3) is 17.0 Å². The summed E-state index contributed by atoms with van der Waals surface area (Å²) in [5, 5.41) is 3.85. The van der Waals surface area contributed by atoms with Gasteiger partial charge in [-0.3, -0.25) is 4.79 Å². The van der Waals surface area contributed by atoms with Gasteiger partial charge in [0.15, 0.2) is 0 Å². The van der Waals surface area contributed by atoms with E-state index >= 15 is 0 Å². The van der Waals surface area contributed by atoms with Gasteiger partial charge in [-0.25, -0.2) is 4.79 Å². The van der Waals surface area contributed by atoms with E-state index in [4.69, 9.17) is 32.4 Å². The SMILES string of the molecule is COc1ccc2oc(=O)c(NC(=O)C=Cc3cccc(Cl)c3Cl)cc2c1. The predicted octanol–water partition coefficient (Wildman–Crippen LogP) is 4.76. The molecule has 0 aliphatic heterocycles. The van der Waals surface area contributed by atoms with E-state index < -0.39 is 11.5 Å². The summed E-state index contributed by atoms with van der Waals surface area (Å²) in [7, 11) is 1.54. The third kappa shape index (κ3) is 3.90. The molecule has 0 fully saturated rings. The quantitative estimate of drug-likeness (QED) is 0.515. The molecule has 1 aromatic heterocycles. The number of carbonyl (C=O) groups excluding carboxylic acids is 1. The number of nitrogens with one attached hydrogen (secondary N) is 1. The van der Waals surface area contributed by atoms with Gasteiger partial charge in [0, 0.05) is 11.5 Å². The second kappa shape index (κ2) is 7.64. The van der Waals surface area contributed by atoms with Crippen LogP contribution in [0.4, 0.5) is 5.69 Å². The highest BCUT2D eigenvalue weighted by molar-refractivity contribution is 6.42. The minimum atomic E-state index is -0.648. The first-order valence-corrected chi connectivity index (χ1v) is 8.28. The molecule has 2 aromatic carbocycles. The molecule has 0 saturated heterocycles. The highest BCUT2D eigenvalue weighted by Crippen LogP contribution is 2.26. The number of benzene rings is 2. The van der Waals surface area contributed by atoms with Crippen LogP contribution in [-0.4, -0.2) is 13.0 Å². The van der Waals surface area contributed by atoms with E-state index in [-0.39, 0.29) is 5.69 Å². The minimum absolute atomic E-state index is 0.0256. The summed E-state index contributed by atoms with van der Waals surface area (Å²) in [6.45, 7) is 0. The van der Waals surface area contributed by atoms with Crippen LogP contribution >= 0.6 is 23.2 Å². The van der Waals surface area contributed by atoms with E-state index in [9.17, 15) is 9.59 Å². The van der Waals surface area contributed by atoms with Gasteiger partial charge in [-0.2, -0.15) is 0 Å². The number of rotatable bonds is 4. The molecule has 7 heteroatoms. The number of ether oxygens (including phenoxy) is 1. The number of amides is 1. The van der Waals surface area contributed by atoms with Crippen molar-refractivity contribution in [1.29, 1.82) is 0 Å². The molecule has 5 nitrogen and oxygen atoms in total. The topological polar surface area (TPSA) is 68.5 Å². The molecular formula is C19H13Cl2NO4. The fourth-order valence-electron chi connectivity index (χ4n) is 2.30. The van der Waals surface area contributed by atoms with Crippen LogP contribution in [0.2, 0.25) is 10.0 Å². The van der Waals surface area contributed by atoms with Crippen LogP contribution < -0.4 is 15.7 Å². The molecule has 0 radical (unpaired) electrons. The van der Waals surface area contributed by atoms with Crippen molar-refractivity contribution in [3.05, 3.63) is 74.6 Å². The van der Waals surface area contributed by atoms with Gasteiger partial charge >= 0.3 is 5.63 Å². The summed E-state index contributed by atoms with van der Waals surface area (Å²) in [6.07, 6.45) is 2.77. The third-order valence-corrected chi connectivity index (χ3v) is 4.43. The molecule has 1 heterocycles. The van der Waals surface area contributed by atoms with Gasteiger partial charge in [0.2, 0.25) is 5.91 Å². The molecule has 3 aromatic rings. The highest BCUT2D eigenvalue weighted by Gasteiger charge is 2.09. The molecule has 0 unspecified atom stereocenters. The molecular weight excluding hydrogens is 377 g/mol. The molecule has 132 valence electrons. The van der Waals surface area contributed by atoms with Crippen molar-refractivity contribution in [2.75, 3.05) is 12.4 Å². The Kier molecular flexibility index (Phi) is 5.30. The molecule has 1 amide bonds. The lowest BCUT2D eigenvalue weighted by Crippen LogP contribution is -2.15. The Morgan fingerprint density at radius 3 is 2.77 bits per heavy atom. The minimum Gasteiger partial charge on any atom is -0.497 e. The van der Waals surface area contributed by atoms with Gasteiger partial charge in [0.05, 0.1) is 17.2 Å². The smallest absolute Gasteiger partial charge is 0.360 e. The van der Waals surface area contributed by atoms with Gasteiger partial charge in [-0.1, -0.05) is 35.3 Å². The number of fused-ring (bicyclic) bond motifs is 1. The number of anilines is 1. The Morgan fingerprint density at radius 2 is 2.00 bits per heavy atom. The molecule has 0 spiro atoms. The number of methoxy groups -OCH3 is 1. The standard InChI is InChI=1S/C19H13Cl2NO4/c1-25-13-6-7-16-12(9-13)10-15(19(24)26-16)22-17(23)8-5-11-3-2-4-14(20)18(11)21/h2-10H,1H3,(H,22,23). The van der Waals surface area contributed by atoms with Crippen molar-refractivity contribution in [3.63, 3.8) is 0 Å². The van der Waals surface area contributed by atoms with Crippen molar-refractivity contribution in [2.24, 2.45) is 0 Å². The van der Waals surface area contributed by atoms with E-state index in [2.05, 4.69) is 5.32 Å². The number of hydrogen-bond acceptors (Lipinski definition) is 4. The Labute approximate surface area is 158 Å². The number of hydrogen-bond donors (Lipinski definition) is 1. The van der Waals surface area contributed by atoms with E-state index in [0.717, 1.165) is 0 Å². The summed E-state index contributed by atoms with van der Waals surface area (Å²) in [5.74, 6) is 0.106. The summed E-state index contributed by atoms with van der Waals surface area (Å²) in [5.41, 5.74) is 0.363. The molecule has 1 N–H and O–H groups in total. The first kappa shape index (κ1) is 18.0. The Balaban J connectivity index is 1.84. The Bertz CT molecular complexity index is 1070. The summed E-state index contributed by atoms with van der Waals surface area (Å²) in [6, 6.07) is 11.6. The number of carbonyl (C=O) groups is 1. The average Bonchev–Trinajstić information content (AvgIpc) is 2.63. The number of halogens is 2. The first-order chi connectivity index (χ1) is 12.5. The van der Waals surface area contributed by atoms with Crippen LogP contribution in [0.5, 0.6) is 5.75 Å². The first-order valence-electron chi connectivity index (χ1n) is 7.53. The van der Waals surface area contributed by atoms with Gasteiger partial charge in [-0.05, 0) is 42.0 Å². The van der Waals surface area contributed by atoms with E-state index in [1.54, 1.807) is 36.4 Å². The average molecular weight is 390 g/mol. The maximum absolute atomic E-state index is 12.1. The van der Waals surface area contributed by atoms with E-state index in [0.29, 0.717) is 32.3 Å². The molecule has 0 atom stereocenters. The third-order valence-electron chi connectivity index (χ3n) is 3.59. The molecule has 0 aliphatic carbocycles. The fourth-order valence-corrected chi connectivity index (χ4v) is 2.68. The molecule has 26 heavy (non-hydrogen) atoms. The molecule has 0 bridgehead atoms. The molecule has 3 rings (SSSR count). The van der Waals surface area contributed by atoms with Gasteiger partial charge < -0.3 is 14.5 Å². The maximum Gasteiger partial charge on any atom is 0.360 e. The lowest BCUT2D eigenvalue weighted by atomic mass is 10.2. The van der Waals surface area contributed by atoms with Crippen molar-refractivity contribution < 1.29 is 13.9 Å². The lowest BCUT2D eigenvalue weighted by molar-refractivity contribution is -0.111. The van der Waals surface area contributed by atoms with Crippen molar-refractivity contribution >= 4 is 51.8 Å².